The number of anilines is 3. The van der Waals surface area contributed by atoms with Crippen molar-refractivity contribution >= 4 is 39.7 Å². The van der Waals surface area contributed by atoms with E-state index in [0.717, 1.165) is 5.56 Å². The molecule has 0 unspecified atom stereocenters. The Morgan fingerprint density at radius 3 is 2.30 bits per heavy atom. The molecule has 0 aliphatic heterocycles. The quantitative estimate of drug-likeness (QED) is 0.474. The van der Waals surface area contributed by atoms with E-state index >= 15 is 0 Å². The summed E-state index contributed by atoms with van der Waals surface area (Å²) in [5.41, 5.74) is 2.33. The topological polar surface area (TPSA) is 79.5 Å². The van der Waals surface area contributed by atoms with Crippen LogP contribution in [0, 0.1) is 0 Å². The van der Waals surface area contributed by atoms with Gasteiger partial charge in [0, 0.05) is 5.69 Å². The average Bonchev–Trinajstić information content (AvgIpc) is 3.16. The Morgan fingerprint density at radius 2 is 1.63 bits per heavy atom. The fraction of sp³-hybridized carbons (Fsp3) is 0.217. The number of ether oxygens (including phenoxy) is 1. The van der Waals surface area contributed by atoms with Crippen molar-refractivity contribution in [2.24, 2.45) is 0 Å². The highest BCUT2D eigenvalue weighted by Crippen LogP contribution is 2.32. The Kier molecular flexibility index (Phi) is 6.42. The van der Waals surface area contributed by atoms with Gasteiger partial charge in [-0.1, -0.05) is 45.0 Å². The van der Waals surface area contributed by atoms with E-state index in [0.29, 0.717) is 27.0 Å². The van der Waals surface area contributed by atoms with Gasteiger partial charge in [-0.05, 0) is 47.4 Å². The van der Waals surface area contributed by atoms with Crippen LogP contribution in [-0.2, 0) is 5.41 Å². The second kappa shape index (κ2) is 9.00. The van der Waals surface area contributed by atoms with Crippen LogP contribution < -0.4 is 20.7 Å². The number of hydrogen-bond donors (Lipinski definition) is 3. The first-order chi connectivity index (χ1) is 14.3. The molecule has 0 saturated heterocycles. The van der Waals surface area contributed by atoms with Crippen molar-refractivity contribution in [3.05, 3.63) is 71.1 Å². The van der Waals surface area contributed by atoms with Crippen molar-refractivity contribution in [2.75, 3.05) is 23.1 Å². The Bertz CT molecular complexity index is 1040. The molecule has 30 heavy (non-hydrogen) atoms. The number of hydrogen-bond acceptors (Lipinski definition) is 4. The van der Waals surface area contributed by atoms with Gasteiger partial charge in [-0.3, -0.25) is 10.1 Å². The minimum absolute atomic E-state index is 0.0577. The largest absolute Gasteiger partial charge is 0.495 e. The van der Waals surface area contributed by atoms with Crippen LogP contribution in [0.25, 0.3) is 0 Å². The second-order valence-electron chi connectivity index (χ2n) is 7.73. The predicted octanol–water partition coefficient (Wildman–Crippen LogP) is 5.95. The van der Waals surface area contributed by atoms with E-state index in [1.807, 2.05) is 36.4 Å². The van der Waals surface area contributed by atoms with Gasteiger partial charge in [0.05, 0.1) is 22.7 Å². The Labute approximate surface area is 180 Å². The SMILES string of the molecule is COc1ccc(C(C)(C)C)cc1NC(=O)c1ccc(NC(=O)Nc2ccccc2)s1. The number of thiophene rings is 1. The highest BCUT2D eigenvalue weighted by Gasteiger charge is 2.18. The van der Waals surface area contributed by atoms with E-state index in [1.54, 1.807) is 31.4 Å². The van der Waals surface area contributed by atoms with Crippen LogP contribution in [0.4, 0.5) is 21.2 Å². The fourth-order valence-corrected chi connectivity index (χ4v) is 3.58. The average molecular weight is 424 g/mol. The molecule has 7 heteroatoms. The molecular formula is C23H25N3O3S. The van der Waals surface area contributed by atoms with Crippen LogP contribution in [0.15, 0.2) is 60.7 Å². The number of rotatable bonds is 5. The maximum absolute atomic E-state index is 12.7. The van der Waals surface area contributed by atoms with Crippen molar-refractivity contribution in [1.29, 1.82) is 0 Å². The zero-order chi connectivity index (χ0) is 21.7. The summed E-state index contributed by atoms with van der Waals surface area (Å²) in [7, 11) is 1.57. The third kappa shape index (κ3) is 5.39. The van der Waals surface area contributed by atoms with Gasteiger partial charge < -0.3 is 15.4 Å². The number of methoxy groups -OCH3 is 1. The molecule has 1 aromatic heterocycles. The van der Waals surface area contributed by atoms with Gasteiger partial charge in [0.2, 0.25) is 0 Å². The molecule has 0 spiro atoms. The standard InChI is InChI=1S/C23H25N3O3S/c1-23(2,3)15-10-11-18(29-4)17(14-15)25-21(27)19-12-13-20(30-19)26-22(28)24-16-8-6-5-7-9-16/h5-14H,1-4H3,(H,25,27)(H2,24,26,28). The molecule has 1 heterocycles. The van der Waals surface area contributed by atoms with E-state index in [2.05, 4.69) is 36.7 Å². The maximum Gasteiger partial charge on any atom is 0.324 e. The smallest absolute Gasteiger partial charge is 0.324 e. The van der Waals surface area contributed by atoms with Gasteiger partial charge in [-0.2, -0.15) is 0 Å². The third-order valence-electron chi connectivity index (χ3n) is 4.41. The summed E-state index contributed by atoms with van der Waals surface area (Å²) >= 11 is 1.20. The lowest BCUT2D eigenvalue weighted by Crippen LogP contribution is -2.18. The molecule has 0 saturated carbocycles. The number of carbonyl (C=O) groups is 2. The molecule has 3 aromatic rings. The summed E-state index contributed by atoms with van der Waals surface area (Å²) in [6.45, 7) is 6.33. The van der Waals surface area contributed by atoms with E-state index in [4.69, 9.17) is 4.74 Å². The molecule has 3 N–H and O–H groups in total. The second-order valence-corrected chi connectivity index (χ2v) is 8.81. The number of urea groups is 1. The molecule has 156 valence electrons. The molecule has 0 fully saturated rings. The number of benzene rings is 2. The molecule has 0 radical (unpaired) electrons. The van der Waals surface area contributed by atoms with Crippen LogP contribution in [0.5, 0.6) is 5.75 Å². The number of para-hydroxylation sites is 1. The van der Waals surface area contributed by atoms with E-state index in [1.165, 1.54) is 11.3 Å². The van der Waals surface area contributed by atoms with Crippen LogP contribution in [0.1, 0.15) is 36.0 Å². The molecule has 2 aromatic carbocycles. The highest BCUT2D eigenvalue weighted by molar-refractivity contribution is 7.18. The highest BCUT2D eigenvalue weighted by atomic mass is 32.1. The minimum atomic E-state index is -0.366. The van der Waals surface area contributed by atoms with Crippen LogP contribution in [0.2, 0.25) is 0 Å². The van der Waals surface area contributed by atoms with Crippen molar-refractivity contribution in [2.45, 2.75) is 26.2 Å². The van der Waals surface area contributed by atoms with Gasteiger partial charge >= 0.3 is 6.03 Å². The zero-order valence-electron chi connectivity index (χ0n) is 17.4. The first kappa shape index (κ1) is 21.4. The summed E-state index contributed by atoms with van der Waals surface area (Å²) in [5.74, 6) is 0.328. The van der Waals surface area contributed by atoms with E-state index in [9.17, 15) is 9.59 Å². The summed E-state index contributed by atoms with van der Waals surface area (Å²) in [5, 5.41) is 8.98. The first-order valence-electron chi connectivity index (χ1n) is 9.49. The number of nitrogens with one attached hydrogen (secondary N) is 3. The molecule has 3 amide bonds. The third-order valence-corrected chi connectivity index (χ3v) is 5.41. The van der Waals surface area contributed by atoms with Crippen LogP contribution in [0.3, 0.4) is 0 Å². The molecule has 0 aliphatic rings. The van der Waals surface area contributed by atoms with Gasteiger partial charge in [0.15, 0.2) is 0 Å². The lowest BCUT2D eigenvalue weighted by molar-refractivity contribution is 0.103. The Hall–Kier alpha value is -3.32. The monoisotopic (exact) mass is 423 g/mol. The maximum atomic E-state index is 12.7. The Morgan fingerprint density at radius 1 is 0.900 bits per heavy atom. The zero-order valence-corrected chi connectivity index (χ0v) is 18.2. The molecule has 3 rings (SSSR count). The molecule has 0 bridgehead atoms. The molecule has 0 atom stereocenters. The van der Waals surface area contributed by atoms with Crippen LogP contribution in [-0.4, -0.2) is 19.0 Å². The summed E-state index contributed by atoms with van der Waals surface area (Å²) in [6.07, 6.45) is 0. The van der Waals surface area contributed by atoms with Crippen LogP contribution >= 0.6 is 11.3 Å². The predicted molar refractivity (Wildman–Crippen MR) is 123 cm³/mol. The number of carbonyl (C=O) groups excluding carboxylic acids is 2. The van der Waals surface area contributed by atoms with Crippen molar-refractivity contribution in [3.63, 3.8) is 0 Å². The Balaban J connectivity index is 1.69. The van der Waals surface area contributed by atoms with Gasteiger partial charge in [0.1, 0.15) is 5.75 Å². The lowest BCUT2D eigenvalue weighted by atomic mass is 9.87. The first-order valence-corrected chi connectivity index (χ1v) is 10.3. The number of amides is 3. The van der Waals surface area contributed by atoms with Crippen molar-refractivity contribution < 1.29 is 14.3 Å². The van der Waals surface area contributed by atoms with E-state index < -0.39 is 0 Å². The fourth-order valence-electron chi connectivity index (χ4n) is 2.78. The molecular weight excluding hydrogens is 398 g/mol. The van der Waals surface area contributed by atoms with Crippen molar-refractivity contribution in [1.82, 2.24) is 0 Å². The van der Waals surface area contributed by atoms with Gasteiger partial charge in [-0.15, -0.1) is 11.3 Å². The molecule has 6 nitrogen and oxygen atoms in total. The van der Waals surface area contributed by atoms with Crippen molar-refractivity contribution in [3.8, 4) is 5.75 Å². The summed E-state index contributed by atoms with van der Waals surface area (Å²) < 4.78 is 5.39. The van der Waals surface area contributed by atoms with Gasteiger partial charge in [-0.25, -0.2) is 4.79 Å². The minimum Gasteiger partial charge on any atom is -0.495 e. The normalized spacial score (nSPS) is 10.9. The van der Waals surface area contributed by atoms with E-state index in [-0.39, 0.29) is 17.4 Å². The summed E-state index contributed by atoms with van der Waals surface area (Å²) in [6, 6.07) is 17.9. The molecule has 0 aliphatic carbocycles. The lowest BCUT2D eigenvalue weighted by Gasteiger charge is -2.21. The van der Waals surface area contributed by atoms with Gasteiger partial charge in [0.25, 0.3) is 5.91 Å². The summed E-state index contributed by atoms with van der Waals surface area (Å²) in [4.78, 5) is 25.4.